The summed E-state index contributed by atoms with van der Waals surface area (Å²) < 4.78 is 26.7. The number of anilines is 2. The van der Waals surface area contributed by atoms with Gasteiger partial charge in [0, 0.05) is 5.69 Å². The van der Waals surface area contributed by atoms with Crippen LogP contribution in [0.4, 0.5) is 19.6 Å². The molecular formula is C14H9F2N3S2. The minimum absolute atomic E-state index is 0.301. The van der Waals surface area contributed by atoms with Gasteiger partial charge in [0.1, 0.15) is 11.6 Å². The molecule has 1 aromatic heterocycles. The summed E-state index contributed by atoms with van der Waals surface area (Å²) in [5.41, 5.74) is 1.37. The van der Waals surface area contributed by atoms with Crippen molar-refractivity contribution in [2.45, 2.75) is 0 Å². The molecule has 3 nitrogen and oxygen atoms in total. The van der Waals surface area contributed by atoms with E-state index in [0.717, 1.165) is 4.70 Å². The maximum atomic E-state index is 13.1. The van der Waals surface area contributed by atoms with Crippen LogP contribution in [-0.4, -0.2) is 10.1 Å². The maximum absolute atomic E-state index is 13.1. The zero-order chi connectivity index (χ0) is 14.8. The van der Waals surface area contributed by atoms with Crippen molar-refractivity contribution in [2.24, 2.45) is 0 Å². The summed E-state index contributed by atoms with van der Waals surface area (Å²) in [5.74, 6) is -0.614. The molecule has 0 amide bonds. The van der Waals surface area contributed by atoms with Gasteiger partial charge in [0.2, 0.25) is 0 Å². The smallest absolute Gasteiger partial charge is 0.190 e. The predicted molar refractivity (Wildman–Crippen MR) is 85.8 cm³/mol. The van der Waals surface area contributed by atoms with Gasteiger partial charge in [-0.2, -0.15) is 0 Å². The highest BCUT2D eigenvalue weighted by molar-refractivity contribution is 7.80. The Morgan fingerprint density at radius 1 is 1.00 bits per heavy atom. The fraction of sp³-hybridized carbons (Fsp3) is 0. The number of thiocarbonyl (C=S) groups is 1. The lowest BCUT2D eigenvalue weighted by molar-refractivity contribution is 0.628. The molecule has 1 heterocycles. The molecule has 7 heteroatoms. The van der Waals surface area contributed by atoms with Gasteiger partial charge in [-0.3, -0.25) is 0 Å². The predicted octanol–water partition coefficient (Wildman–Crippen LogP) is 4.38. The third kappa shape index (κ3) is 3.32. The molecule has 0 unspecified atom stereocenters. The molecule has 0 spiro atoms. The molecule has 3 rings (SSSR count). The maximum Gasteiger partial charge on any atom is 0.190 e. The summed E-state index contributed by atoms with van der Waals surface area (Å²) in [6.07, 6.45) is 0. The van der Waals surface area contributed by atoms with E-state index in [0.29, 0.717) is 21.4 Å². The van der Waals surface area contributed by atoms with E-state index in [1.807, 2.05) is 0 Å². The number of halogens is 2. The average molecular weight is 321 g/mol. The van der Waals surface area contributed by atoms with E-state index < -0.39 is 0 Å². The monoisotopic (exact) mass is 321 g/mol. The largest absolute Gasteiger partial charge is 0.332 e. The van der Waals surface area contributed by atoms with Crippen molar-refractivity contribution in [1.82, 2.24) is 4.98 Å². The van der Waals surface area contributed by atoms with E-state index in [1.165, 1.54) is 35.6 Å². The third-order valence-electron chi connectivity index (χ3n) is 2.67. The average Bonchev–Trinajstić information content (AvgIpc) is 2.82. The number of rotatable bonds is 2. The highest BCUT2D eigenvalue weighted by Crippen LogP contribution is 2.26. The Morgan fingerprint density at radius 2 is 1.71 bits per heavy atom. The molecule has 2 aromatic carbocycles. The summed E-state index contributed by atoms with van der Waals surface area (Å²) in [6.45, 7) is 0. The van der Waals surface area contributed by atoms with E-state index in [4.69, 9.17) is 12.2 Å². The second-order valence-corrected chi connectivity index (χ2v) is 5.66. The molecule has 0 aliphatic heterocycles. The zero-order valence-electron chi connectivity index (χ0n) is 10.6. The molecule has 106 valence electrons. The normalized spacial score (nSPS) is 10.6. The Balaban J connectivity index is 1.72. The Bertz CT molecular complexity index is 800. The number of thiazole rings is 1. The molecular weight excluding hydrogens is 312 g/mol. The summed E-state index contributed by atoms with van der Waals surface area (Å²) >= 11 is 6.46. The van der Waals surface area contributed by atoms with Crippen LogP contribution in [0.3, 0.4) is 0 Å². The number of benzene rings is 2. The minimum Gasteiger partial charge on any atom is -0.332 e. The van der Waals surface area contributed by atoms with E-state index in [9.17, 15) is 8.78 Å². The van der Waals surface area contributed by atoms with Crippen LogP contribution < -0.4 is 10.6 Å². The quantitative estimate of drug-likeness (QED) is 0.687. The zero-order valence-corrected chi connectivity index (χ0v) is 12.2. The number of nitrogens with one attached hydrogen (secondary N) is 2. The van der Waals surface area contributed by atoms with Crippen LogP contribution in [0.25, 0.3) is 10.2 Å². The number of hydrogen-bond acceptors (Lipinski definition) is 3. The second kappa shape index (κ2) is 5.71. The highest BCUT2D eigenvalue weighted by atomic mass is 32.1. The lowest BCUT2D eigenvalue weighted by Gasteiger charge is -2.07. The van der Waals surface area contributed by atoms with Crippen molar-refractivity contribution in [3.05, 3.63) is 54.1 Å². The van der Waals surface area contributed by atoms with Crippen molar-refractivity contribution >= 4 is 49.7 Å². The first kappa shape index (κ1) is 13.8. The topological polar surface area (TPSA) is 37.0 Å². The lowest BCUT2D eigenvalue weighted by atomic mass is 10.3. The van der Waals surface area contributed by atoms with Gasteiger partial charge in [-0.25, -0.2) is 13.8 Å². The Labute approximate surface area is 128 Å². The summed E-state index contributed by atoms with van der Waals surface area (Å²) in [5, 5.41) is 6.74. The molecule has 0 radical (unpaired) electrons. The standard InChI is InChI=1S/C14H9F2N3S2/c15-8-1-4-10(5-2-8)17-13(20)19-14-18-11-6-3-9(16)7-12(11)21-14/h1-7H,(H2,17,18,19,20). The molecule has 0 fully saturated rings. The molecule has 0 saturated carbocycles. The fourth-order valence-corrected chi connectivity index (χ4v) is 2.92. The molecule has 2 N–H and O–H groups in total. The number of hydrogen-bond donors (Lipinski definition) is 2. The van der Waals surface area contributed by atoms with Crippen molar-refractivity contribution in [3.8, 4) is 0 Å². The Hall–Kier alpha value is -2.12. The lowest BCUT2D eigenvalue weighted by Crippen LogP contribution is -2.18. The van der Waals surface area contributed by atoms with Gasteiger partial charge in [-0.15, -0.1) is 0 Å². The van der Waals surface area contributed by atoms with Crippen molar-refractivity contribution < 1.29 is 8.78 Å². The minimum atomic E-state index is -0.312. The van der Waals surface area contributed by atoms with Crippen LogP contribution in [0.5, 0.6) is 0 Å². The van der Waals surface area contributed by atoms with Crippen molar-refractivity contribution in [1.29, 1.82) is 0 Å². The molecule has 0 atom stereocenters. The van der Waals surface area contributed by atoms with E-state index >= 15 is 0 Å². The van der Waals surface area contributed by atoms with E-state index in [1.54, 1.807) is 18.2 Å². The Morgan fingerprint density at radius 3 is 2.48 bits per heavy atom. The third-order valence-corrected chi connectivity index (χ3v) is 3.81. The summed E-state index contributed by atoms with van der Waals surface area (Å²) in [6, 6.07) is 10.2. The van der Waals surface area contributed by atoms with Crippen molar-refractivity contribution in [2.75, 3.05) is 10.6 Å². The van der Waals surface area contributed by atoms with Gasteiger partial charge in [0.25, 0.3) is 0 Å². The molecule has 0 bridgehead atoms. The van der Waals surface area contributed by atoms with E-state index in [-0.39, 0.29) is 11.6 Å². The first-order chi connectivity index (χ1) is 10.1. The van der Waals surface area contributed by atoms with Crippen molar-refractivity contribution in [3.63, 3.8) is 0 Å². The van der Waals surface area contributed by atoms with Gasteiger partial charge in [0.15, 0.2) is 10.2 Å². The summed E-state index contributed by atoms with van der Waals surface area (Å²) in [7, 11) is 0. The first-order valence-electron chi connectivity index (χ1n) is 6.00. The fourth-order valence-electron chi connectivity index (χ4n) is 1.74. The van der Waals surface area contributed by atoms with Crippen LogP contribution in [0, 0.1) is 11.6 Å². The molecule has 3 aromatic rings. The van der Waals surface area contributed by atoms with Crippen LogP contribution in [0.15, 0.2) is 42.5 Å². The van der Waals surface area contributed by atoms with Gasteiger partial charge in [-0.1, -0.05) is 11.3 Å². The van der Waals surface area contributed by atoms with E-state index in [2.05, 4.69) is 15.6 Å². The number of aromatic nitrogens is 1. The van der Waals surface area contributed by atoms with Gasteiger partial charge < -0.3 is 10.6 Å². The van der Waals surface area contributed by atoms with Crippen LogP contribution in [0.1, 0.15) is 0 Å². The van der Waals surface area contributed by atoms with Gasteiger partial charge in [0.05, 0.1) is 10.2 Å². The van der Waals surface area contributed by atoms with Crippen LogP contribution in [0.2, 0.25) is 0 Å². The molecule has 0 aliphatic rings. The first-order valence-corrected chi connectivity index (χ1v) is 7.22. The van der Waals surface area contributed by atoms with Crippen LogP contribution in [-0.2, 0) is 0 Å². The molecule has 21 heavy (non-hydrogen) atoms. The Kier molecular flexibility index (Phi) is 3.76. The highest BCUT2D eigenvalue weighted by Gasteiger charge is 2.06. The molecule has 0 aliphatic carbocycles. The summed E-state index contributed by atoms with van der Waals surface area (Å²) in [4.78, 5) is 4.30. The number of fused-ring (bicyclic) bond motifs is 1. The number of nitrogens with zero attached hydrogens (tertiary/aromatic N) is 1. The SMILES string of the molecule is Fc1ccc(NC(=S)Nc2nc3ccc(F)cc3s2)cc1. The molecule has 0 saturated heterocycles. The van der Waals surface area contributed by atoms with Gasteiger partial charge in [-0.05, 0) is 54.7 Å². The van der Waals surface area contributed by atoms with Crippen LogP contribution >= 0.6 is 23.6 Å². The second-order valence-electron chi connectivity index (χ2n) is 4.22. The van der Waals surface area contributed by atoms with Gasteiger partial charge >= 0.3 is 0 Å².